The quantitative estimate of drug-likeness (QED) is 0.369. The van der Waals surface area contributed by atoms with E-state index in [2.05, 4.69) is 9.97 Å². The van der Waals surface area contributed by atoms with Gasteiger partial charge in [-0.1, -0.05) is 0 Å². The lowest BCUT2D eigenvalue weighted by atomic mass is 9.94. The predicted molar refractivity (Wildman–Crippen MR) is 123 cm³/mol. The van der Waals surface area contributed by atoms with Crippen LogP contribution in [0.3, 0.4) is 0 Å². The number of hydrogen-bond acceptors (Lipinski definition) is 8. The van der Waals surface area contributed by atoms with E-state index in [1.54, 1.807) is 32.0 Å². The SMILES string of the molecule is COc1ccc(OC)c([C@H]2/C(=C(\O)c3cnc(C)nc3C)C(=O)C(=O)N2CCCN(C)C)c1. The average Bonchev–Trinajstić information content (AvgIpc) is 3.02. The van der Waals surface area contributed by atoms with E-state index >= 15 is 0 Å². The molecule has 1 amide bonds. The molecule has 1 fully saturated rings. The van der Waals surface area contributed by atoms with Crippen molar-refractivity contribution in [1.82, 2.24) is 19.8 Å². The van der Waals surface area contributed by atoms with Crippen molar-refractivity contribution in [2.75, 3.05) is 41.4 Å². The molecule has 2 aromatic rings. The number of aliphatic hydroxyl groups is 1. The summed E-state index contributed by atoms with van der Waals surface area (Å²) in [6.45, 7) is 4.52. The topological polar surface area (TPSA) is 105 Å². The average molecular weight is 455 g/mol. The molecule has 33 heavy (non-hydrogen) atoms. The van der Waals surface area contributed by atoms with Crippen molar-refractivity contribution in [2.24, 2.45) is 0 Å². The lowest BCUT2D eigenvalue weighted by Crippen LogP contribution is -2.32. The summed E-state index contributed by atoms with van der Waals surface area (Å²) in [5.74, 6) is -0.180. The number of nitrogens with zero attached hydrogens (tertiary/aromatic N) is 4. The molecule has 0 spiro atoms. The fourth-order valence-electron chi connectivity index (χ4n) is 4.01. The molecule has 0 radical (unpaired) electrons. The molecule has 0 aliphatic carbocycles. The molecule has 1 saturated heterocycles. The van der Waals surface area contributed by atoms with Crippen LogP contribution in [-0.2, 0) is 9.59 Å². The fourth-order valence-corrected chi connectivity index (χ4v) is 4.01. The zero-order valence-corrected chi connectivity index (χ0v) is 19.9. The molecule has 2 heterocycles. The number of Topliss-reactive ketones (excluding diaryl/α,β-unsaturated/α-hetero) is 1. The number of hydrogen-bond donors (Lipinski definition) is 1. The van der Waals surface area contributed by atoms with Gasteiger partial charge in [0.05, 0.1) is 37.1 Å². The Morgan fingerprint density at radius 2 is 1.91 bits per heavy atom. The van der Waals surface area contributed by atoms with Gasteiger partial charge in [-0.15, -0.1) is 0 Å². The monoisotopic (exact) mass is 454 g/mol. The Morgan fingerprint density at radius 3 is 2.52 bits per heavy atom. The highest BCUT2D eigenvalue weighted by atomic mass is 16.5. The van der Waals surface area contributed by atoms with E-state index in [9.17, 15) is 14.7 Å². The summed E-state index contributed by atoms with van der Waals surface area (Å²) in [4.78, 5) is 38.3. The van der Waals surface area contributed by atoms with Crippen molar-refractivity contribution in [2.45, 2.75) is 26.3 Å². The number of likely N-dealkylation sites (tertiary alicyclic amines) is 1. The van der Waals surface area contributed by atoms with E-state index in [4.69, 9.17) is 9.47 Å². The van der Waals surface area contributed by atoms with Crippen LogP contribution in [0.15, 0.2) is 30.0 Å². The fraction of sp³-hybridized carbons (Fsp3) is 0.417. The van der Waals surface area contributed by atoms with Crippen LogP contribution in [0.5, 0.6) is 11.5 Å². The Labute approximate surface area is 193 Å². The normalized spacial score (nSPS) is 17.7. The Balaban J connectivity index is 2.22. The highest BCUT2D eigenvalue weighted by Crippen LogP contribution is 2.44. The van der Waals surface area contributed by atoms with Crippen LogP contribution < -0.4 is 9.47 Å². The number of carbonyl (C=O) groups is 2. The number of aromatic nitrogens is 2. The van der Waals surface area contributed by atoms with Crippen LogP contribution in [0.4, 0.5) is 0 Å². The molecule has 1 atom stereocenters. The van der Waals surface area contributed by atoms with E-state index in [1.807, 2.05) is 19.0 Å². The minimum atomic E-state index is -0.849. The summed E-state index contributed by atoms with van der Waals surface area (Å²) in [7, 11) is 6.93. The standard InChI is InChI=1S/C24H30N4O5/c1-14-18(13-25-15(2)26-14)22(29)20-21(17-12-16(32-5)8-9-19(17)33-6)28(24(31)23(20)30)11-7-10-27(3)4/h8-9,12-13,21,29H,7,10-11H2,1-6H3/b22-20+/t21-/m0/s1. The van der Waals surface area contributed by atoms with Crippen molar-refractivity contribution in [3.05, 3.63) is 52.6 Å². The van der Waals surface area contributed by atoms with E-state index < -0.39 is 17.7 Å². The maximum atomic E-state index is 13.2. The van der Waals surface area contributed by atoms with Gasteiger partial charge in [-0.05, 0) is 59.1 Å². The van der Waals surface area contributed by atoms with Gasteiger partial charge in [0, 0.05) is 18.3 Å². The van der Waals surface area contributed by atoms with E-state index in [0.29, 0.717) is 47.1 Å². The number of methoxy groups -OCH3 is 2. The van der Waals surface area contributed by atoms with Crippen molar-refractivity contribution in [3.8, 4) is 11.5 Å². The number of aryl methyl sites for hydroxylation is 2. The maximum Gasteiger partial charge on any atom is 0.295 e. The van der Waals surface area contributed by atoms with Crippen molar-refractivity contribution >= 4 is 17.4 Å². The van der Waals surface area contributed by atoms with E-state index in [1.165, 1.54) is 25.3 Å². The summed E-state index contributed by atoms with van der Waals surface area (Å²) in [5.41, 5.74) is 1.34. The van der Waals surface area contributed by atoms with Gasteiger partial charge in [0.25, 0.3) is 11.7 Å². The van der Waals surface area contributed by atoms with Gasteiger partial charge in [-0.2, -0.15) is 0 Å². The molecule has 1 aromatic carbocycles. The summed E-state index contributed by atoms with van der Waals surface area (Å²) < 4.78 is 10.9. The number of carbonyl (C=O) groups excluding carboxylic acids is 2. The highest BCUT2D eigenvalue weighted by Gasteiger charge is 2.47. The highest BCUT2D eigenvalue weighted by molar-refractivity contribution is 6.46. The Kier molecular flexibility index (Phi) is 7.33. The molecule has 3 rings (SSSR count). The lowest BCUT2D eigenvalue weighted by molar-refractivity contribution is -0.140. The molecular formula is C24H30N4O5. The predicted octanol–water partition coefficient (Wildman–Crippen LogP) is 2.48. The second-order valence-electron chi connectivity index (χ2n) is 8.17. The largest absolute Gasteiger partial charge is 0.507 e. The maximum absolute atomic E-state index is 13.2. The summed E-state index contributed by atoms with van der Waals surface area (Å²) in [6, 6.07) is 4.32. The first-order chi connectivity index (χ1) is 15.7. The molecule has 9 heteroatoms. The third-order valence-electron chi connectivity index (χ3n) is 5.63. The number of aliphatic hydroxyl groups excluding tert-OH is 1. The summed E-state index contributed by atoms with van der Waals surface area (Å²) >= 11 is 0. The number of amides is 1. The van der Waals surface area contributed by atoms with Crippen LogP contribution >= 0.6 is 0 Å². The van der Waals surface area contributed by atoms with Crippen molar-refractivity contribution in [3.63, 3.8) is 0 Å². The van der Waals surface area contributed by atoms with Crippen LogP contribution in [0.1, 0.15) is 35.1 Å². The first-order valence-electron chi connectivity index (χ1n) is 10.6. The van der Waals surface area contributed by atoms with Gasteiger partial charge in [0.1, 0.15) is 23.1 Å². The van der Waals surface area contributed by atoms with Crippen LogP contribution in [-0.4, -0.2) is 78.0 Å². The molecule has 0 bridgehead atoms. The zero-order valence-electron chi connectivity index (χ0n) is 19.9. The number of ether oxygens (including phenoxy) is 2. The van der Waals surface area contributed by atoms with Gasteiger partial charge in [-0.25, -0.2) is 9.97 Å². The van der Waals surface area contributed by atoms with Crippen LogP contribution in [0, 0.1) is 13.8 Å². The van der Waals surface area contributed by atoms with Crippen LogP contribution in [0.2, 0.25) is 0 Å². The second-order valence-corrected chi connectivity index (χ2v) is 8.17. The minimum Gasteiger partial charge on any atom is -0.507 e. The molecule has 1 N–H and O–H groups in total. The molecule has 176 valence electrons. The van der Waals surface area contributed by atoms with Crippen molar-refractivity contribution < 1.29 is 24.2 Å². The van der Waals surface area contributed by atoms with E-state index in [-0.39, 0.29) is 11.3 Å². The second kappa shape index (κ2) is 9.99. The van der Waals surface area contributed by atoms with Gasteiger partial charge < -0.3 is 24.4 Å². The number of rotatable bonds is 8. The van der Waals surface area contributed by atoms with Crippen LogP contribution in [0.25, 0.3) is 5.76 Å². The zero-order chi connectivity index (χ0) is 24.3. The molecule has 0 saturated carbocycles. The number of benzene rings is 1. The first kappa shape index (κ1) is 24.2. The van der Waals surface area contributed by atoms with Crippen molar-refractivity contribution in [1.29, 1.82) is 0 Å². The van der Waals surface area contributed by atoms with E-state index in [0.717, 1.165) is 6.54 Å². The Hall–Kier alpha value is -3.46. The third kappa shape index (κ3) is 4.83. The Bertz CT molecular complexity index is 1100. The van der Waals surface area contributed by atoms with Gasteiger partial charge >= 0.3 is 0 Å². The van der Waals surface area contributed by atoms with Gasteiger partial charge in [-0.3, -0.25) is 9.59 Å². The molecule has 1 aliphatic heterocycles. The molecular weight excluding hydrogens is 424 g/mol. The van der Waals surface area contributed by atoms with Gasteiger partial charge in [0.2, 0.25) is 0 Å². The molecule has 9 nitrogen and oxygen atoms in total. The summed E-state index contributed by atoms with van der Waals surface area (Å²) in [5, 5.41) is 11.3. The third-order valence-corrected chi connectivity index (χ3v) is 5.63. The summed E-state index contributed by atoms with van der Waals surface area (Å²) in [6.07, 6.45) is 2.11. The smallest absolute Gasteiger partial charge is 0.295 e. The number of ketones is 1. The minimum absolute atomic E-state index is 0.0213. The molecule has 0 unspecified atom stereocenters. The Morgan fingerprint density at radius 1 is 1.18 bits per heavy atom. The molecule has 1 aliphatic rings. The molecule has 1 aromatic heterocycles. The lowest BCUT2D eigenvalue weighted by Gasteiger charge is -2.27. The van der Waals surface area contributed by atoms with Gasteiger partial charge in [0.15, 0.2) is 0 Å². The first-order valence-corrected chi connectivity index (χ1v) is 10.6.